The van der Waals surface area contributed by atoms with Crippen molar-refractivity contribution in [3.8, 4) is 0 Å². The van der Waals surface area contributed by atoms with E-state index in [1.165, 1.54) is 17.0 Å². The summed E-state index contributed by atoms with van der Waals surface area (Å²) in [6.07, 6.45) is -4.42. The molecular weight excluding hydrogens is 465 g/mol. The predicted octanol–water partition coefficient (Wildman–Crippen LogP) is 4.05. The van der Waals surface area contributed by atoms with E-state index in [1.807, 2.05) is 0 Å². The zero-order valence-corrected chi connectivity index (χ0v) is 20.5. The first-order valence-corrected chi connectivity index (χ1v) is 11.4. The number of nitrogens with zero attached hydrogens (tertiary/aromatic N) is 3. The summed E-state index contributed by atoms with van der Waals surface area (Å²) in [5.41, 5.74) is -0.155. The molecule has 11 heteroatoms. The van der Waals surface area contributed by atoms with Crippen LogP contribution in [0.3, 0.4) is 0 Å². The molecule has 1 amide bonds. The van der Waals surface area contributed by atoms with Gasteiger partial charge in [-0.2, -0.15) is 13.2 Å². The summed E-state index contributed by atoms with van der Waals surface area (Å²) in [5, 5.41) is 3.07. The Balaban J connectivity index is 1.77. The third-order valence-corrected chi connectivity index (χ3v) is 5.14. The summed E-state index contributed by atoms with van der Waals surface area (Å²) in [6, 6.07) is 4.93. The van der Waals surface area contributed by atoms with Crippen molar-refractivity contribution in [3.63, 3.8) is 0 Å². The number of benzene rings is 1. The first-order chi connectivity index (χ1) is 16.2. The minimum absolute atomic E-state index is 0.0589. The molecule has 1 N–H and O–H groups in total. The number of carbonyl (C=O) groups is 1. The average molecular weight is 497 g/mol. The number of hydrogen-bond acceptors (Lipinski definition) is 6. The minimum Gasteiger partial charge on any atom is -0.444 e. The maximum absolute atomic E-state index is 13.3. The highest BCUT2D eigenvalue weighted by molar-refractivity contribution is 5.68. The first kappa shape index (κ1) is 26.4. The maximum Gasteiger partial charge on any atom is 0.416 e. The van der Waals surface area contributed by atoms with Crippen molar-refractivity contribution in [2.24, 2.45) is 0 Å². The van der Waals surface area contributed by atoms with Gasteiger partial charge in [0.05, 0.1) is 23.4 Å². The topological polar surface area (TPSA) is 85.7 Å². The van der Waals surface area contributed by atoms with Crippen molar-refractivity contribution in [1.29, 1.82) is 0 Å². The number of rotatable bonds is 6. The van der Waals surface area contributed by atoms with Crippen LogP contribution in [0.15, 0.2) is 29.1 Å². The molecule has 0 saturated carbocycles. The second-order valence-electron chi connectivity index (χ2n) is 9.64. The van der Waals surface area contributed by atoms with Crippen molar-refractivity contribution in [2.75, 3.05) is 18.4 Å². The third kappa shape index (κ3) is 6.89. The van der Waals surface area contributed by atoms with E-state index in [-0.39, 0.29) is 18.6 Å². The van der Waals surface area contributed by atoms with Crippen LogP contribution in [-0.4, -0.2) is 45.5 Å². The zero-order valence-electron chi connectivity index (χ0n) is 20.5. The van der Waals surface area contributed by atoms with Gasteiger partial charge >= 0.3 is 12.3 Å². The normalized spacial score (nSPS) is 14.0. The van der Waals surface area contributed by atoms with Crippen LogP contribution >= 0.6 is 0 Å². The van der Waals surface area contributed by atoms with Crippen LogP contribution in [0.5, 0.6) is 0 Å². The Morgan fingerprint density at radius 3 is 2.40 bits per heavy atom. The highest BCUT2D eigenvalue weighted by atomic mass is 19.4. The van der Waals surface area contributed by atoms with E-state index in [9.17, 15) is 22.8 Å². The molecule has 0 saturated heterocycles. The van der Waals surface area contributed by atoms with Crippen LogP contribution in [-0.2, 0) is 30.3 Å². The van der Waals surface area contributed by atoms with Crippen LogP contribution in [0.1, 0.15) is 57.0 Å². The number of fused-ring (bicyclic) bond motifs is 1. The van der Waals surface area contributed by atoms with Gasteiger partial charge in [-0.25, -0.2) is 9.78 Å². The van der Waals surface area contributed by atoms with Crippen molar-refractivity contribution in [2.45, 2.75) is 71.9 Å². The molecule has 0 aliphatic carbocycles. The Kier molecular flexibility index (Phi) is 7.66. The smallest absolute Gasteiger partial charge is 0.416 e. The van der Waals surface area contributed by atoms with Crippen LogP contribution in [0, 0.1) is 0 Å². The molecule has 0 spiro atoms. The third-order valence-electron chi connectivity index (χ3n) is 5.14. The molecule has 0 fully saturated rings. The first-order valence-electron chi connectivity index (χ1n) is 11.4. The lowest BCUT2D eigenvalue weighted by molar-refractivity contribution is -0.137. The number of halogens is 3. The molecule has 2 heterocycles. The number of carbonyl (C=O) groups excluding carboxylic acids is 1. The van der Waals surface area contributed by atoms with E-state index < -0.39 is 29.0 Å². The van der Waals surface area contributed by atoms with Crippen molar-refractivity contribution < 1.29 is 27.5 Å². The van der Waals surface area contributed by atoms with Gasteiger partial charge in [0, 0.05) is 19.5 Å². The van der Waals surface area contributed by atoms with Gasteiger partial charge in [0.25, 0.3) is 5.56 Å². The number of anilines is 1. The van der Waals surface area contributed by atoms with Gasteiger partial charge in [-0.15, -0.1) is 4.73 Å². The van der Waals surface area contributed by atoms with Gasteiger partial charge in [0.1, 0.15) is 11.7 Å². The van der Waals surface area contributed by atoms with Crippen LogP contribution < -0.4 is 15.7 Å². The van der Waals surface area contributed by atoms with E-state index in [0.717, 1.165) is 16.9 Å². The molecule has 2 aromatic rings. The van der Waals surface area contributed by atoms with Crippen molar-refractivity contribution in [1.82, 2.24) is 14.6 Å². The second-order valence-corrected chi connectivity index (χ2v) is 9.64. The fourth-order valence-electron chi connectivity index (χ4n) is 3.54. The lowest BCUT2D eigenvalue weighted by Crippen LogP contribution is -2.45. The van der Waals surface area contributed by atoms with Gasteiger partial charge in [0.15, 0.2) is 0 Å². The van der Waals surface area contributed by atoms with Gasteiger partial charge in [-0.05, 0) is 58.7 Å². The molecule has 0 bridgehead atoms. The summed E-state index contributed by atoms with van der Waals surface area (Å²) >= 11 is 0. The zero-order chi connectivity index (χ0) is 26.0. The Hall–Kier alpha value is -3.24. The maximum atomic E-state index is 13.3. The van der Waals surface area contributed by atoms with Gasteiger partial charge in [0.2, 0.25) is 5.95 Å². The lowest BCUT2D eigenvalue weighted by Gasteiger charge is -2.31. The van der Waals surface area contributed by atoms with Gasteiger partial charge in [-0.1, -0.05) is 12.1 Å². The van der Waals surface area contributed by atoms with E-state index in [1.54, 1.807) is 34.6 Å². The quantitative estimate of drug-likeness (QED) is 0.650. The summed E-state index contributed by atoms with van der Waals surface area (Å²) in [5.74, 6) is 0.208. The number of amides is 1. The highest BCUT2D eigenvalue weighted by Crippen LogP contribution is 2.29. The van der Waals surface area contributed by atoms with Gasteiger partial charge < -0.3 is 19.8 Å². The molecule has 1 aromatic carbocycles. The summed E-state index contributed by atoms with van der Waals surface area (Å²) < 4.78 is 44.8. The Morgan fingerprint density at radius 2 is 1.83 bits per heavy atom. The number of ether oxygens (including phenoxy) is 1. The van der Waals surface area contributed by atoms with Crippen LogP contribution in [0.4, 0.5) is 23.9 Å². The summed E-state index contributed by atoms with van der Waals surface area (Å²) in [6.45, 7) is 9.60. The fraction of sp³-hybridized carbons (Fsp3) is 0.542. The van der Waals surface area contributed by atoms with Crippen molar-refractivity contribution in [3.05, 3.63) is 57.0 Å². The standard InChI is InChI=1S/C24H31F3N4O4/c1-15(2)35-31-20(32)18-14-30(22(33)34-23(3,4)5)13-11-19(18)29-21(31)28-12-10-16-6-8-17(9-7-16)24(25,26)27/h6-9,15H,10-14H2,1-5H3,(H,28,29). The molecule has 8 nitrogen and oxygen atoms in total. The monoisotopic (exact) mass is 496 g/mol. The Morgan fingerprint density at radius 1 is 1.17 bits per heavy atom. The number of alkyl halides is 3. The van der Waals surface area contributed by atoms with Crippen LogP contribution in [0.25, 0.3) is 0 Å². The minimum atomic E-state index is -4.38. The molecule has 1 aromatic heterocycles. The number of aromatic nitrogens is 2. The fourth-order valence-corrected chi connectivity index (χ4v) is 3.54. The van der Waals surface area contributed by atoms with E-state index in [0.29, 0.717) is 42.8 Å². The predicted molar refractivity (Wildman–Crippen MR) is 124 cm³/mol. The molecule has 35 heavy (non-hydrogen) atoms. The Labute approximate surface area is 202 Å². The molecule has 1 aliphatic heterocycles. The van der Waals surface area contributed by atoms with E-state index in [2.05, 4.69) is 10.3 Å². The number of hydrogen-bond donors (Lipinski definition) is 1. The van der Waals surface area contributed by atoms with Crippen LogP contribution in [0.2, 0.25) is 0 Å². The second kappa shape index (κ2) is 10.2. The van der Waals surface area contributed by atoms with E-state index in [4.69, 9.17) is 9.57 Å². The molecule has 192 valence electrons. The average Bonchev–Trinajstić information content (AvgIpc) is 2.74. The SMILES string of the molecule is CC(C)On1c(NCCc2ccc(C(F)(F)F)cc2)nc2c(c1=O)CN(C(=O)OC(C)(C)C)CC2. The molecule has 0 radical (unpaired) electrons. The van der Waals surface area contributed by atoms with Gasteiger partial charge in [-0.3, -0.25) is 4.79 Å². The number of nitrogens with one attached hydrogen (secondary N) is 1. The Bertz CT molecular complexity index is 1110. The largest absolute Gasteiger partial charge is 0.444 e. The lowest BCUT2D eigenvalue weighted by atomic mass is 10.1. The molecule has 1 aliphatic rings. The summed E-state index contributed by atoms with van der Waals surface area (Å²) in [7, 11) is 0. The highest BCUT2D eigenvalue weighted by Gasteiger charge is 2.31. The van der Waals surface area contributed by atoms with E-state index >= 15 is 0 Å². The molecular formula is C24H31F3N4O4. The molecule has 3 rings (SSSR count). The molecule has 0 atom stereocenters. The summed E-state index contributed by atoms with van der Waals surface area (Å²) in [4.78, 5) is 37.5. The molecule has 0 unspecified atom stereocenters. The van der Waals surface area contributed by atoms with Crippen molar-refractivity contribution >= 4 is 12.0 Å².